The Labute approximate surface area is 174 Å². The first-order chi connectivity index (χ1) is 12.1. The van der Waals surface area contributed by atoms with Crippen LogP contribution in [0.4, 0.5) is 0 Å². The van der Waals surface area contributed by atoms with Crippen LogP contribution >= 0.6 is 44.2 Å². The van der Waals surface area contributed by atoms with Crippen molar-refractivity contribution < 1.29 is 4.79 Å². The van der Waals surface area contributed by atoms with Gasteiger partial charge in [-0.3, -0.25) is 9.36 Å². The standard InChI is InChI=1S/C19H16BrN3OS.BrH/c1-3-23-17(14-7-5-4-6-8-14)13(2)25-19(23)22-21-18(24)15-9-11-16(20)12-10-15;/h3-12H,1H2,2H3,(H,21,24);1H. The van der Waals surface area contributed by atoms with Gasteiger partial charge in [0, 0.05) is 21.1 Å². The summed E-state index contributed by atoms with van der Waals surface area (Å²) in [4.78, 5) is 14.0. The predicted octanol–water partition coefficient (Wildman–Crippen LogP) is 5.21. The minimum absolute atomic E-state index is 0. The highest BCUT2D eigenvalue weighted by molar-refractivity contribution is 9.10. The third-order valence-electron chi connectivity index (χ3n) is 3.61. The van der Waals surface area contributed by atoms with Crippen LogP contribution in [-0.4, -0.2) is 10.5 Å². The predicted molar refractivity (Wildman–Crippen MR) is 116 cm³/mol. The van der Waals surface area contributed by atoms with Gasteiger partial charge in [-0.2, -0.15) is 0 Å². The van der Waals surface area contributed by atoms with E-state index in [1.54, 1.807) is 18.3 Å². The van der Waals surface area contributed by atoms with E-state index in [0.717, 1.165) is 20.6 Å². The molecule has 2 aromatic carbocycles. The van der Waals surface area contributed by atoms with Crippen LogP contribution in [0.5, 0.6) is 0 Å². The number of aromatic nitrogens is 1. The molecule has 1 amide bonds. The van der Waals surface area contributed by atoms with Crippen molar-refractivity contribution in [1.29, 1.82) is 0 Å². The monoisotopic (exact) mass is 493 g/mol. The highest BCUT2D eigenvalue weighted by Crippen LogP contribution is 2.24. The van der Waals surface area contributed by atoms with Crippen LogP contribution in [-0.2, 0) is 0 Å². The van der Waals surface area contributed by atoms with Crippen molar-refractivity contribution in [2.45, 2.75) is 6.92 Å². The Bertz CT molecular complexity index is 976. The molecule has 0 bridgehead atoms. The lowest BCUT2D eigenvalue weighted by atomic mass is 10.1. The number of benzene rings is 2. The zero-order valence-corrected chi connectivity index (χ0v) is 18.1. The van der Waals surface area contributed by atoms with Crippen LogP contribution in [0.25, 0.3) is 17.5 Å². The Morgan fingerprint density at radius 3 is 2.46 bits per heavy atom. The summed E-state index contributed by atoms with van der Waals surface area (Å²) in [5.41, 5.74) is 5.27. The minimum Gasteiger partial charge on any atom is -0.291 e. The van der Waals surface area contributed by atoms with Gasteiger partial charge in [0.2, 0.25) is 4.80 Å². The summed E-state index contributed by atoms with van der Waals surface area (Å²) >= 11 is 4.86. The second-order valence-corrected chi connectivity index (χ2v) is 7.36. The van der Waals surface area contributed by atoms with Crippen LogP contribution in [0, 0.1) is 6.92 Å². The average molecular weight is 495 g/mol. The lowest BCUT2D eigenvalue weighted by Gasteiger charge is -2.05. The molecule has 0 saturated carbocycles. The lowest BCUT2D eigenvalue weighted by molar-refractivity contribution is 0.0953. The van der Waals surface area contributed by atoms with Crippen molar-refractivity contribution in [3.05, 3.63) is 80.9 Å². The molecule has 4 nitrogen and oxygen atoms in total. The Morgan fingerprint density at radius 1 is 1.19 bits per heavy atom. The van der Waals surface area contributed by atoms with Crippen LogP contribution < -0.4 is 10.2 Å². The van der Waals surface area contributed by atoms with E-state index in [1.165, 1.54) is 11.3 Å². The van der Waals surface area contributed by atoms with Crippen LogP contribution in [0.1, 0.15) is 15.2 Å². The van der Waals surface area contributed by atoms with E-state index in [0.29, 0.717) is 10.4 Å². The quantitative estimate of drug-likeness (QED) is 0.497. The molecule has 0 saturated heterocycles. The fourth-order valence-corrected chi connectivity index (χ4v) is 3.66. The molecule has 0 aliphatic rings. The summed E-state index contributed by atoms with van der Waals surface area (Å²) in [6.07, 6.45) is 1.70. The fraction of sp³-hybridized carbons (Fsp3) is 0.0526. The average Bonchev–Trinajstić information content (AvgIpc) is 2.96. The molecule has 26 heavy (non-hydrogen) atoms. The van der Waals surface area contributed by atoms with Gasteiger partial charge < -0.3 is 0 Å². The lowest BCUT2D eigenvalue weighted by Crippen LogP contribution is -2.23. The summed E-state index contributed by atoms with van der Waals surface area (Å²) < 4.78 is 2.81. The maximum absolute atomic E-state index is 12.2. The van der Waals surface area contributed by atoms with Gasteiger partial charge in [-0.15, -0.1) is 22.1 Å². The fourth-order valence-electron chi connectivity index (χ4n) is 2.45. The van der Waals surface area contributed by atoms with Crippen molar-refractivity contribution in [2.24, 2.45) is 5.10 Å². The van der Waals surface area contributed by atoms with Gasteiger partial charge in [0.1, 0.15) is 0 Å². The molecule has 0 aliphatic carbocycles. The molecule has 1 heterocycles. The van der Waals surface area contributed by atoms with Crippen LogP contribution in [0.2, 0.25) is 0 Å². The molecule has 0 radical (unpaired) electrons. The Hall–Kier alpha value is -1.96. The molecule has 134 valence electrons. The number of nitrogens with one attached hydrogen (secondary N) is 1. The number of nitrogens with zero attached hydrogens (tertiary/aromatic N) is 2. The zero-order chi connectivity index (χ0) is 17.8. The van der Waals surface area contributed by atoms with Gasteiger partial charge in [0.05, 0.1) is 5.69 Å². The number of hydrogen-bond donors (Lipinski definition) is 1. The first-order valence-corrected chi connectivity index (χ1v) is 9.20. The summed E-state index contributed by atoms with van der Waals surface area (Å²) in [6, 6.07) is 17.2. The molecule has 7 heteroatoms. The smallest absolute Gasteiger partial charge is 0.271 e. The molecule has 3 aromatic rings. The second-order valence-electron chi connectivity index (χ2n) is 5.27. The van der Waals surface area contributed by atoms with Crippen molar-refractivity contribution in [2.75, 3.05) is 0 Å². The molecular weight excluding hydrogens is 478 g/mol. The number of hydrogen-bond acceptors (Lipinski definition) is 3. The number of aryl methyl sites for hydroxylation is 1. The third-order valence-corrected chi connectivity index (χ3v) is 5.11. The molecule has 0 spiro atoms. The molecule has 1 N–H and O–H groups in total. The van der Waals surface area contributed by atoms with Gasteiger partial charge in [-0.25, -0.2) is 5.43 Å². The van der Waals surface area contributed by atoms with Crippen LogP contribution in [0.3, 0.4) is 0 Å². The van der Waals surface area contributed by atoms with E-state index in [1.807, 2.05) is 54.0 Å². The maximum atomic E-state index is 12.2. The van der Waals surface area contributed by atoms with Crippen molar-refractivity contribution in [1.82, 2.24) is 9.99 Å². The highest BCUT2D eigenvalue weighted by atomic mass is 79.9. The van der Waals surface area contributed by atoms with Crippen molar-refractivity contribution >= 4 is 56.4 Å². The Morgan fingerprint density at radius 2 is 1.85 bits per heavy atom. The maximum Gasteiger partial charge on any atom is 0.271 e. The Balaban J connectivity index is 0.00000243. The molecule has 0 atom stereocenters. The van der Waals surface area contributed by atoms with E-state index in [4.69, 9.17) is 0 Å². The summed E-state index contributed by atoms with van der Waals surface area (Å²) in [6.45, 7) is 5.91. The van der Waals surface area contributed by atoms with Gasteiger partial charge in [0.15, 0.2) is 0 Å². The van der Waals surface area contributed by atoms with Gasteiger partial charge >= 0.3 is 0 Å². The zero-order valence-electron chi connectivity index (χ0n) is 14.0. The van der Waals surface area contributed by atoms with E-state index < -0.39 is 0 Å². The van der Waals surface area contributed by atoms with E-state index >= 15 is 0 Å². The largest absolute Gasteiger partial charge is 0.291 e. The normalized spacial score (nSPS) is 10.9. The summed E-state index contributed by atoms with van der Waals surface area (Å²) in [7, 11) is 0. The molecule has 0 aliphatic heterocycles. The molecule has 0 unspecified atom stereocenters. The topological polar surface area (TPSA) is 46.4 Å². The molecule has 0 fully saturated rings. The minimum atomic E-state index is -0.254. The second kappa shape index (κ2) is 9.12. The molecular formula is C19H17Br2N3OS. The third kappa shape index (κ3) is 4.41. The Kier molecular flexibility index (Phi) is 7.14. The summed E-state index contributed by atoms with van der Waals surface area (Å²) in [5.74, 6) is -0.254. The SMILES string of the molecule is Br.C=Cn1c(-c2ccccc2)c(C)sc1=NNC(=O)c1ccc(Br)cc1. The first kappa shape index (κ1) is 20.4. The van der Waals surface area contributed by atoms with Gasteiger partial charge in [-0.1, -0.05) is 64.2 Å². The summed E-state index contributed by atoms with van der Waals surface area (Å²) in [5, 5.41) is 4.28. The van der Waals surface area contributed by atoms with Crippen LogP contribution in [0.15, 0.2) is 70.8 Å². The van der Waals surface area contributed by atoms with Gasteiger partial charge in [0.25, 0.3) is 5.91 Å². The van der Waals surface area contributed by atoms with E-state index in [2.05, 4.69) is 33.0 Å². The number of thiazole rings is 1. The first-order valence-electron chi connectivity index (χ1n) is 7.59. The molecule has 1 aromatic heterocycles. The number of rotatable bonds is 4. The van der Waals surface area contributed by atoms with E-state index in [9.17, 15) is 4.79 Å². The highest BCUT2D eigenvalue weighted by Gasteiger charge is 2.11. The van der Waals surface area contributed by atoms with Crippen molar-refractivity contribution in [3.63, 3.8) is 0 Å². The van der Waals surface area contributed by atoms with Gasteiger partial charge in [-0.05, 0) is 36.8 Å². The number of halogens is 2. The number of amides is 1. The van der Waals surface area contributed by atoms with E-state index in [-0.39, 0.29) is 22.9 Å². The number of carbonyl (C=O) groups is 1. The molecule has 3 rings (SSSR count). The van der Waals surface area contributed by atoms with Crippen molar-refractivity contribution in [3.8, 4) is 11.3 Å². The number of carbonyl (C=O) groups excluding carboxylic acids is 1.